The van der Waals surface area contributed by atoms with E-state index in [2.05, 4.69) is 4.90 Å². The lowest BCUT2D eigenvalue weighted by Crippen LogP contribution is -2.43. The first-order chi connectivity index (χ1) is 12.5. The topological polar surface area (TPSA) is 59.1 Å². The lowest BCUT2D eigenvalue weighted by molar-refractivity contribution is -0.143. The maximum atomic E-state index is 13.5. The second-order valence-corrected chi connectivity index (χ2v) is 5.93. The molecule has 2 rings (SSSR count). The molecule has 6 nitrogen and oxygen atoms in total. The molecule has 1 heterocycles. The molecule has 0 unspecified atom stereocenters. The summed E-state index contributed by atoms with van der Waals surface area (Å²) in [4.78, 5) is 27.9. The summed E-state index contributed by atoms with van der Waals surface area (Å²) in [6.07, 6.45) is 0.0480. The van der Waals surface area contributed by atoms with Crippen molar-refractivity contribution in [3.05, 3.63) is 35.4 Å². The zero-order chi connectivity index (χ0) is 18.9. The van der Waals surface area contributed by atoms with Crippen molar-refractivity contribution < 1.29 is 27.8 Å². The second kappa shape index (κ2) is 10.2. The minimum Gasteiger partial charge on any atom is -0.466 e. The molecule has 0 atom stereocenters. The Kier molecular flexibility index (Phi) is 7.93. The number of morpholine rings is 1. The first kappa shape index (κ1) is 20.3. The van der Waals surface area contributed by atoms with Crippen molar-refractivity contribution in [3.8, 4) is 0 Å². The number of carbonyl (C=O) groups is 2. The average Bonchev–Trinajstić information content (AvgIpc) is 2.64. The number of carbonyl (C=O) groups excluding carboxylic acids is 2. The van der Waals surface area contributed by atoms with Gasteiger partial charge in [-0.15, -0.1) is 0 Å². The van der Waals surface area contributed by atoms with E-state index in [9.17, 15) is 18.4 Å². The SMILES string of the molecule is CCOC(=O)CCN(CCN1CCOCC1)C(=O)c1ccc(F)c(F)c1. The Balaban J connectivity index is 2.03. The van der Waals surface area contributed by atoms with Gasteiger partial charge in [0.25, 0.3) is 5.91 Å². The lowest BCUT2D eigenvalue weighted by atomic mass is 10.1. The predicted molar refractivity (Wildman–Crippen MR) is 90.8 cm³/mol. The van der Waals surface area contributed by atoms with Crippen LogP contribution in [0.1, 0.15) is 23.7 Å². The summed E-state index contributed by atoms with van der Waals surface area (Å²) in [6.45, 7) is 5.93. The van der Waals surface area contributed by atoms with E-state index in [-0.39, 0.29) is 25.1 Å². The molecule has 1 fully saturated rings. The Morgan fingerprint density at radius 1 is 1.19 bits per heavy atom. The van der Waals surface area contributed by atoms with Gasteiger partial charge < -0.3 is 14.4 Å². The molecule has 0 bridgehead atoms. The van der Waals surface area contributed by atoms with Crippen molar-refractivity contribution in [1.82, 2.24) is 9.80 Å². The summed E-state index contributed by atoms with van der Waals surface area (Å²) < 4.78 is 36.8. The summed E-state index contributed by atoms with van der Waals surface area (Å²) in [7, 11) is 0. The minimum absolute atomic E-state index is 0.0480. The van der Waals surface area contributed by atoms with E-state index in [0.29, 0.717) is 26.3 Å². The van der Waals surface area contributed by atoms with Gasteiger partial charge in [-0.3, -0.25) is 14.5 Å². The van der Waals surface area contributed by atoms with E-state index in [1.54, 1.807) is 6.92 Å². The minimum atomic E-state index is -1.07. The Bertz CT molecular complexity index is 621. The number of hydrogen-bond acceptors (Lipinski definition) is 5. The summed E-state index contributed by atoms with van der Waals surface area (Å²) >= 11 is 0. The van der Waals surface area contributed by atoms with Crippen molar-refractivity contribution >= 4 is 11.9 Å². The van der Waals surface area contributed by atoms with Crippen LogP contribution in [0.2, 0.25) is 0 Å². The molecule has 1 aliphatic rings. The van der Waals surface area contributed by atoms with Gasteiger partial charge in [-0.05, 0) is 25.1 Å². The molecule has 1 saturated heterocycles. The first-order valence-electron chi connectivity index (χ1n) is 8.71. The van der Waals surface area contributed by atoms with Gasteiger partial charge in [-0.1, -0.05) is 0 Å². The van der Waals surface area contributed by atoms with Gasteiger partial charge in [0.1, 0.15) is 0 Å². The Labute approximate surface area is 151 Å². The number of esters is 1. The molecule has 1 amide bonds. The monoisotopic (exact) mass is 370 g/mol. The molecule has 26 heavy (non-hydrogen) atoms. The van der Waals surface area contributed by atoms with Gasteiger partial charge in [0.05, 0.1) is 26.2 Å². The van der Waals surface area contributed by atoms with Gasteiger partial charge in [-0.25, -0.2) is 8.78 Å². The quantitative estimate of drug-likeness (QED) is 0.652. The number of halogens is 2. The maximum absolute atomic E-state index is 13.5. The molecule has 1 aliphatic heterocycles. The van der Waals surface area contributed by atoms with Crippen LogP contribution in [0.4, 0.5) is 8.78 Å². The van der Waals surface area contributed by atoms with Crippen molar-refractivity contribution in [3.63, 3.8) is 0 Å². The standard InChI is InChI=1S/C18H24F2N2O4/c1-2-26-17(23)5-6-22(8-7-21-9-11-25-12-10-21)18(24)14-3-4-15(19)16(20)13-14/h3-4,13H,2,5-12H2,1H3. The van der Waals surface area contributed by atoms with Gasteiger partial charge in [0.15, 0.2) is 11.6 Å². The molecular formula is C18H24F2N2O4. The molecular weight excluding hydrogens is 346 g/mol. The highest BCUT2D eigenvalue weighted by molar-refractivity contribution is 5.94. The Hall–Kier alpha value is -2.06. The van der Waals surface area contributed by atoms with E-state index in [4.69, 9.17) is 9.47 Å². The van der Waals surface area contributed by atoms with Gasteiger partial charge >= 0.3 is 5.97 Å². The van der Waals surface area contributed by atoms with Crippen molar-refractivity contribution in [2.75, 3.05) is 52.5 Å². The highest BCUT2D eigenvalue weighted by atomic mass is 19.2. The Morgan fingerprint density at radius 2 is 1.92 bits per heavy atom. The fourth-order valence-corrected chi connectivity index (χ4v) is 2.67. The molecule has 1 aromatic rings. The summed E-state index contributed by atoms with van der Waals surface area (Å²) in [6, 6.07) is 3.05. The number of nitrogens with zero attached hydrogens (tertiary/aromatic N) is 2. The van der Waals surface area contributed by atoms with E-state index < -0.39 is 23.5 Å². The third-order valence-electron chi connectivity index (χ3n) is 4.13. The van der Waals surface area contributed by atoms with Crippen molar-refractivity contribution in [2.45, 2.75) is 13.3 Å². The largest absolute Gasteiger partial charge is 0.466 e. The number of ether oxygens (including phenoxy) is 2. The van der Waals surface area contributed by atoms with E-state index in [0.717, 1.165) is 25.2 Å². The molecule has 0 saturated carbocycles. The van der Waals surface area contributed by atoms with E-state index in [1.807, 2.05) is 0 Å². The molecule has 0 aromatic heterocycles. The van der Waals surface area contributed by atoms with Crippen LogP contribution in [0, 0.1) is 11.6 Å². The van der Waals surface area contributed by atoms with Crippen LogP contribution in [-0.4, -0.2) is 74.2 Å². The number of benzene rings is 1. The van der Waals surface area contributed by atoms with Gasteiger partial charge in [0.2, 0.25) is 0 Å². The van der Waals surface area contributed by atoms with Crippen LogP contribution >= 0.6 is 0 Å². The van der Waals surface area contributed by atoms with Crippen LogP contribution in [0.3, 0.4) is 0 Å². The van der Waals surface area contributed by atoms with Crippen LogP contribution in [0.15, 0.2) is 18.2 Å². The van der Waals surface area contributed by atoms with Crippen molar-refractivity contribution in [2.24, 2.45) is 0 Å². The summed E-state index contributed by atoms with van der Waals surface area (Å²) in [5.74, 6) is -2.93. The van der Waals surface area contributed by atoms with Crippen molar-refractivity contribution in [1.29, 1.82) is 0 Å². The second-order valence-electron chi connectivity index (χ2n) is 5.93. The first-order valence-corrected chi connectivity index (χ1v) is 8.71. The fraction of sp³-hybridized carbons (Fsp3) is 0.556. The molecule has 144 valence electrons. The third kappa shape index (κ3) is 6.03. The summed E-state index contributed by atoms with van der Waals surface area (Å²) in [5.41, 5.74) is 0.0507. The molecule has 0 radical (unpaired) electrons. The van der Waals surface area contributed by atoms with Gasteiger partial charge in [-0.2, -0.15) is 0 Å². The number of rotatable bonds is 8. The Morgan fingerprint density at radius 3 is 2.58 bits per heavy atom. The van der Waals surface area contributed by atoms with E-state index >= 15 is 0 Å². The zero-order valence-corrected chi connectivity index (χ0v) is 14.9. The number of amides is 1. The van der Waals surface area contributed by atoms with Crippen LogP contribution < -0.4 is 0 Å². The van der Waals surface area contributed by atoms with Crippen LogP contribution in [0.25, 0.3) is 0 Å². The number of hydrogen-bond donors (Lipinski definition) is 0. The van der Waals surface area contributed by atoms with E-state index in [1.165, 1.54) is 11.0 Å². The fourth-order valence-electron chi connectivity index (χ4n) is 2.67. The zero-order valence-electron chi connectivity index (χ0n) is 14.9. The van der Waals surface area contributed by atoms with Gasteiger partial charge in [0, 0.05) is 38.3 Å². The lowest BCUT2D eigenvalue weighted by Gasteiger charge is -2.30. The predicted octanol–water partition coefficient (Wildman–Crippen LogP) is 1.69. The third-order valence-corrected chi connectivity index (χ3v) is 4.13. The molecule has 0 spiro atoms. The average molecular weight is 370 g/mol. The molecule has 0 aliphatic carbocycles. The highest BCUT2D eigenvalue weighted by Gasteiger charge is 2.20. The molecule has 1 aromatic carbocycles. The van der Waals surface area contributed by atoms with Crippen LogP contribution in [-0.2, 0) is 14.3 Å². The highest BCUT2D eigenvalue weighted by Crippen LogP contribution is 2.12. The molecule has 0 N–H and O–H groups in total. The maximum Gasteiger partial charge on any atom is 0.307 e. The smallest absolute Gasteiger partial charge is 0.307 e. The molecule has 8 heteroatoms. The normalized spacial score (nSPS) is 14.9. The summed E-state index contributed by atoms with van der Waals surface area (Å²) in [5, 5.41) is 0. The van der Waals surface area contributed by atoms with Crippen LogP contribution in [0.5, 0.6) is 0 Å².